The molecule has 2 aliphatic heterocycles. The molecule has 3 aliphatic rings. The van der Waals surface area contributed by atoms with E-state index in [9.17, 15) is 13.5 Å². The van der Waals surface area contributed by atoms with E-state index in [1.807, 2.05) is 0 Å². The fourth-order valence-corrected chi connectivity index (χ4v) is 4.98. The Hall–Kier alpha value is -1.03. The molecule has 2 atom stereocenters. The molecule has 24 heavy (non-hydrogen) atoms. The van der Waals surface area contributed by atoms with Crippen LogP contribution in [0, 0.1) is 0 Å². The van der Waals surface area contributed by atoms with Crippen LogP contribution in [-0.4, -0.2) is 59.5 Å². The molecule has 8 nitrogen and oxygen atoms in total. The smallest absolute Gasteiger partial charge is 0.260 e. The number of ether oxygens (including phenoxy) is 1. The average Bonchev–Trinajstić information content (AvgIpc) is 3.00. The SMILES string of the molecule is O=S(=O)(CC[C@H]1CCCO1)N1CC[C@](O)(c2nc(C3CC3)no2)C1. The van der Waals surface area contributed by atoms with Crippen LogP contribution >= 0.6 is 0 Å². The summed E-state index contributed by atoms with van der Waals surface area (Å²) in [7, 11) is -3.42. The topological polar surface area (TPSA) is 106 Å². The molecule has 2 saturated heterocycles. The number of rotatable bonds is 6. The van der Waals surface area contributed by atoms with E-state index in [1.165, 1.54) is 4.31 Å². The van der Waals surface area contributed by atoms with Crippen molar-refractivity contribution in [3.8, 4) is 0 Å². The number of aromatic nitrogens is 2. The molecule has 0 bridgehead atoms. The van der Waals surface area contributed by atoms with Gasteiger partial charge in [-0.1, -0.05) is 5.16 Å². The monoisotopic (exact) mass is 357 g/mol. The number of nitrogens with zero attached hydrogens (tertiary/aromatic N) is 3. The van der Waals surface area contributed by atoms with Gasteiger partial charge in [-0.25, -0.2) is 8.42 Å². The predicted molar refractivity (Wildman–Crippen MR) is 83.7 cm³/mol. The Bertz CT molecular complexity index is 696. The van der Waals surface area contributed by atoms with E-state index in [-0.39, 0.29) is 37.3 Å². The number of hydrogen-bond donors (Lipinski definition) is 1. The lowest BCUT2D eigenvalue weighted by Gasteiger charge is -2.20. The second kappa shape index (κ2) is 6.05. The third-order valence-corrected chi connectivity index (χ3v) is 6.96. The maximum Gasteiger partial charge on any atom is 0.260 e. The third kappa shape index (κ3) is 3.22. The zero-order chi connectivity index (χ0) is 16.8. The van der Waals surface area contributed by atoms with Crippen LogP contribution in [0.25, 0.3) is 0 Å². The van der Waals surface area contributed by atoms with Gasteiger partial charge in [-0.2, -0.15) is 9.29 Å². The van der Waals surface area contributed by atoms with Gasteiger partial charge in [-0.15, -0.1) is 0 Å². The molecule has 0 radical (unpaired) electrons. The summed E-state index contributed by atoms with van der Waals surface area (Å²) in [6, 6.07) is 0. The van der Waals surface area contributed by atoms with Gasteiger partial charge in [0.1, 0.15) is 0 Å². The molecule has 0 spiro atoms. The minimum Gasteiger partial charge on any atom is -0.379 e. The molecule has 1 N–H and O–H groups in total. The van der Waals surface area contributed by atoms with Crippen molar-refractivity contribution in [3.63, 3.8) is 0 Å². The molecule has 3 fully saturated rings. The van der Waals surface area contributed by atoms with Crippen molar-refractivity contribution >= 4 is 10.0 Å². The first-order chi connectivity index (χ1) is 11.5. The van der Waals surface area contributed by atoms with E-state index >= 15 is 0 Å². The van der Waals surface area contributed by atoms with Crippen molar-refractivity contribution in [2.45, 2.75) is 56.1 Å². The van der Waals surface area contributed by atoms with Crippen LogP contribution in [0.2, 0.25) is 0 Å². The average molecular weight is 357 g/mol. The van der Waals surface area contributed by atoms with E-state index in [1.54, 1.807) is 0 Å². The summed E-state index contributed by atoms with van der Waals surface area (Å²) in [5.41, 5.74) is -1.38. The number of sulfonamides is 1. The van der Waals surface area contributed by atoms with Gasteiger partial charge in [0.25, 0.3) is 5.89 Å². The van der Waals surface area contributed by atoms with Crippen molar-refractivity contribution < 1.29 is 22.8 Å². The molecular formula is C15H23N3O5S. The maximum atomic E-state index is 12.5. The summed E-state index contributed by atoms with van der Waals surface area (Å²) in [4.78, 5) is 4.28. The van der Waals surface area contributed by atoms with Crippen molar-refractivity contribution in [3.05, 3.63) is 11.7 Å². The number of β-amino-alcohol motifs (C(OH)–C–C–N with tert-alkyl or cyclic N) is 1. The second-order valence-corrected chi connectivity index (χ2v) is 9.18. The van der Waals surface area contributed by atoms with Gasteiger partial charge in [-0.3, -0.25) is 0 Å². The van der Waals surface area contributed by atoms with Gasteiger partial charge in [0.2, 0.25) is 10.0 Å². The normalized spacial score (nSPS) is 31.8. The number of hydrogen-bond acceptors (Lipinski definition) is 7. The number of aliphatic hydroxyl groups is 1. The van der Waals surface area contributed by atoms with Crippen LogP contribution in [0.3, 0.4) is 0 Å². The van der Waals surface area contributed by atoms with Gasteiger partial charge in [0, 0.05) is 25.5 Å². The summed E-state index contributed by atoms with van der Waals surface area (Å²) in [5.74, 6) is 1.14. The van der Waals surface area contributed by atoms with Crippen molar-refractivity contribution in [1.82, 2.24) is 14.4 Å². The molecule has 1 aliphatic carbocycles. The van der Waals surface area contributed by atoms with Crippen LogP contribution in [0.4, 0.5) is 0 Å². The van der Waals surface area contributed by atoms with E-state index in [0.29, 0.717) is 24.8 Å². The maximum absolute atomic E-state index is 12.5. The summed E-state index contributed by atoms with van der Waals surface area (Å²) >= 11 is 0. The van der Waals surface area contributed by atoms with Gasteiger partial charge >= 0.3 is 0 Å². The lowest BCUT2D eigenvalue weighted by atomic mass is 10.0. The lowest BCUT2D eigenvalue weighted by molar-refractivity contribution is 0.0194. The molecule has 1 saturated carbocycles. The van der Waals surface area contributed by atoms with Gasteiger partial charge in [-0.05, 0) is 32.1 Å². The molecule has 0 aromatic carbocycles. The zero-order valence-corrected chi connectivity index (χ0v) is 14.4. The second-order valence-electron chi connectivity index (χ2n) is 7.09. The Kier molecular flexibility index (Phi) is 4.14. The van der Waals surface area contributed by atoms with E-state index in [2.05, 4.69) is 10.1 Å². The van der Waals surface area contributed by atoms with Crippen LogP contribution in [-0.2, 0) is 20.4 Å². The first kappa shape index (κ1) is 16.4. The van der Waals surface area contributed by atoms with Crippen molar-refractivity contribution in [1.29, 1.82) is 0 Å². The van der Waals surface area contributed by atoms with Gasteiger partial charge in [0.15, 0.2) is 11.4 Å². The minimum atomic E-state index is -3.42. The van der Waals surface area contributed by atoms with Crippen LogP contribution in [0.5, 0.6) is 0 Å². The summed E-state index contributed by atoms with van der Waals surface area (Å²) < 4.78 is 37.1. The Balaban J connectivity index is 1.40. The highest BCUT2D eigenvalue weighted by Crippen LogP contribution is 2.40. The molecule has 3 heterocycles. The van der Waals surface area contributed by atoms with Crippen molar-refractivity contribution in [2.24, 2.45) is 0 Å². The van der Waals surface area contributed by atoms with Crippen LogP contribution in [0.1, 0.15) is 56.2 Å². The molecular weight excluding hydrogens is 334 g/mol. The summed E-state index contributed by atoms with van der Waals surface area (Å²) in [6.45, 7) is 0.966. The molecule has 0 amide bonds. The Morgan fingerprint density at radius 2 is 2.17 bits per heavy atom. The fraction of sp³-hybridized carbons (Fsp3) is 0.867. The van der Waals surface area contributed by atoms with Crippen LogP contribution < -0.4 is 0 Å². The standard InChI is InChI=1S/C15H23N3O5S/c19-15(14-16-13(17-23-14)11-3-4-11)6-7-18(10-15)24(20,21)9-5-12-2-1-8-22-12/h11-12,19H,1-10H2/t12-,15-/m1/s1. The highest BCUT2D eigenvalue weighted by atomic mass is 32.2. The predicted octanol–water partition coefficient (Wildman–Crippen LogP) is 0.739. The molecule has 1 aromatic heterocycles. The van der Waals surface area contributed by atoms with E-state index < -0.39 is 15.6 Å². The lowest BCUT2D eigenvalue weighted by Crippen LogP contribution is -2.36. The van der Waals surface area contributed by atoms with Gasteiger partial charge in [0.05, 0.1) is 18.4 Å². The Morgan fingerprint density at radius 1 is 1.33 bits per heavy atom. The fourth-order valence-electron chi connectivity index (χ4n) is 3.38. The van der Waals surface area contributed by atoms with E-state index in [4.69, 9.17) is 9.26 Å². The highest BCUT2D eigenvalue weighted by molar-refractivity contribution is 7.89. The first-order valence-corrected chi connectivity index (χ1v) is 10.2. The first-order valence-electron chi connectivity index (χ1n) is 8.62. The zero-order valence-electron chi connectivity index (χ0n) is 13.6. The molecule has 4 rings (SSSR count). The largest absolute Gasteiger partial charge is 0.379 e. The van der Waals surface area contributed by atoms with Gasteiger partial charge < -0.3 is 14.4 Å². The van der Waals surface area contributed by atoms with E-state index in [0.717, 1.165) is 25.7 Å². The molecule has 134 valence electrons. The minimum absolute atomic E-state index is 0.0207. The summed E-state index contributed by atoms with van der Waals surface area (Å²) in [5, 5.41) is 14.7. The van der Waals surface area contributed by atoms with Crippen LogP contribution in [0.15, 0.2) is 4.52 Å². The Labute approximate surface area is 141 Å². The molecule has 1 aromatic rings. The quantitative estimate of drug-likeness (QED) is 0.800. The highest BCUT2D eigenvalue weighted by Gasteiger charge is 2.47. The Morgan fingerprint density at radius 3 is 2.88 bits per heavy atom. The van der Waals surface area contributed by atoms with Crippen molar-refractivity contribution in [2.75, 3.05) is 25.4 Å². The molecule has 0 unspecified atom stereocenters. The summed E-state index contributed by atoms with van der Waals surface area (Å²) in [6.07, 6.45) is 4.82. The molecule has 9 heteroatoms. The third-order valence-electron chi connectivity index (χ3n) is 5.11.